The van der Waals surface area contributed by atoms with Gasteiger partial charge in [0.05, 0.1) is 12.8 Å². The van der Waals surface area contributed by atoms with Gasteiger partial charge >= 0.3 is 12.1 Å². The first kappa shape index (κ1) is 21.9. The van der Waals surface area contributed by atoms with Crippen molar-refractivity contribution in [3.63, 3.8) is 0 Å². The van der Waals surface area contributed by atoms with Gasteiger partial charge in [-0.15, -0.1) is 0 Å². The number of nitrogens with zero attached hydrogens (tertiary/aromatic N) is 3. The molecule has 2 aromatic rings. The van der Waals surface area contributed by atoms with Gasteiger partial charge in [-0.05, 0) is 31.9 Å². The van der Waals surface area contributed by atoms with Crippen molar-refractivity contribution in [2.45, 2.75) is 51.5 Å². The lowest BCUT2D eigenvalue weighted by molar-refractivity contribution is -0.192. The van der Waals surface area contributed by atoms with E-state index in [0.717, 1.165) is 62.5 Å². The van der Waals surface area contributed by atoms with Gasteiger partial charge in [0.1, 0.15) is 5.76 Å². The summed E-state index contributed by atoms with van der Waals surface area (Å²) in [6, 6.07) is 4.22. The Morgan fingerprint density at radius 3 is 2.67 bits per heavy atom. The number of carbonyl (C=O) groups excluding carboxylic acids is 1. The Kier molecular flexibility index (Phi) is 6.49. The zero-order chi connectivity index (χ0) is 21.9. The number of alkyl halides is 3. The Balaban J connectivity index is 0.000000318. The Bertz CT molecular complexity index is 879. The van der Waals surface area contributed by atoms with Crippen LogP contribution in [0.2, 0.25) is 0 Å². The lowest BCUT2D eigenvalue weighted by Gasteiger charge is -2.27. The van der Waals surface area contributed by atoms with Crippen molar-refractivity contribution in [3.05, 3.63) is 41.1 Å². The molecule has 2 aromatic heterocycles. The SMILES string of the molecule is CC1CCCN1C(=O)c1n[nH]c2c1CN(Cc1ccco1)CC2.O=C(O)C(F)(F)F. The Labute approximate surface area is 170 Å². The molecule has 1 amide bonds. The Morgan fingerprint density at radius 2 is 2.10 bits per heavy atom. The summed E-state index contributed by atoms with van der Waals surface area (Å²) in [4.78, 5) is 26.0. The fourth-order valence-corrected chi connectivity index (χ4v) is 3.66. The van der Waals surface area contributed by atoms with Gasteiger partial charge in [0.15, 0.2) is 5.69 Å². The van der Waals surface area contributed by atoms with Gasteiger partial charge in [-0.2, -0.15) is 18.3 Å². The number of likely N-dealkylation sites (tertiary alicyclic amines) is 1. The van der Waals surface area contributed by atoms with Crippen LogP contribution in [0.25, 0.3) is 0 Å². The van der Waals surface area contributed by atoms with Crippen molar-refractivity contribution in [2.24, 2.45) is 0 Å². The van der Waals surface area contributed by atoms with Crippen molar-refractivity contribution in [1.29, 1.82) is 0 Å². The normalized spacial score (nSPS) is 19.2. The second kappa shape index (κ2) is 8.90. The minimum absolute atomic E-state index is 0.0762. The lowest BCUT2D eigenvalue weighted by Crippen LogP contribution is -2.36. The first-order valence-corrected chi connectivity index (χ1v) is 9.58. The molecule has 0 saturated carbocycles. The highest BCUT2D eigenvalue weighted by molar-refractivity contribution is 5.94. The maximum absolute atomic E-state index is 12.8. The third-order valence-electron chi connectivity index (χ3n) is 5.23. The topological polar surface area (TPSA) is 103 Å². The summed E-state index contributed by atoms with van der Waals surface area (Å²) in [5.74, 6) is -1.72. The molecule has 0 spiro atoms. The molecule has 0 bridgehead atoms. The van der Waals surface area contributed by atoms with Gasteiger partial charge in [-0.3, -0.25) is 14.8 Å². The highest BCUT2D eigenvalue weighted by atomic mass is 19.4. The van der Waals surface area contributed by atoms with Gasteiger partial charge < -0.3 is 14.4 Å². The van der Waals surface area contributed by atoms with E-state index in [2.05, 4.69) is 22.0 Å². The molecule has 8 nitrogen and oxygen atoms in total. The van der Waals surface area contributed by atoms with E-state index < -0.39 is 12.1 Å². The highest BCUT2D eigenvalue weighted by Gasteiger charge is 2.38. The average Bonchev–Trinajstić information content (AvgIpc) is 3.41. The number of aliphatic carboxylic acids is 1. The van der Waals surface area contributed by atoms with Crippen LogP contribution in [-0.4, -0.2) is 62.3 Å². The molecule has 0 radical (unpaired) electrons. The fraction of sp³-hybridized carbons (Fsp3) is 0.526. The standard InChI is InChI=1S/C17H22N4O2.C2HF3O2/c1-12-4-2-7-21(12)17(22)16-14-11-20(8-6-15(14)18-19-16)10-13-5-3-9-23-13;3-2(4,5)1(6)7/h3,5,9,12H,2,4,6-8,10-11H2,1H3,(H,18,19);(H,6,7). The van der Waals surface area contributed by atoms with Crippen LogP contribution >= 0.6 is 0 Å². The van der Waals surface area contributed by atoms with Gasteiger partial charge in [0, 0.05) is 43.4 Å². The van der Waals surface area contributed by atoms with Crippen LogP contribution < -0.4 is 0 Å². The molecule has 4 heterocycles. The molecule has 1 fully saturated rings. The third kappa shape index (κ3) is 5.02. The molecule has 164 valence electrons. The van der Waals surface area contributed by atoms with Crippen LogP contribution in [0, 0.1) is 0 Å². The number of fused-ring (bicyclic) bond motifs is 1. The van der Waals surface area contributed by atoms with Crippen molar-refractivity contribution < 1.29 is 32.3 Å². The van der Waals surface area contributed by atoms with E-state index in [9.17, 15) is 18.0 Å². The number of carboxylic acid groups (broad SMARTS) is 1. The second-order valence-corrected chi connectivity index (χ2v) is 7.36. The minimum atomic E-state index is -5.08. The van der Waals surface area contributed by atoms with E-state index >= 15 is 0 Å². The molecule has 0 aliphatic carbocycles. The molecule has 11 heteroatoms. The number of H-pyrrole nitrogens is 1. The number of carbonyl (C=O) groups is 2. The molecule has 1 atom stereocenters. The van der Waals surface area contributed by atoms with Crippen LogP contribution in [0.4, 0.5) is 13.2 Å². The first-order chi connectivity index (χ1) is 14.2. The number of aromatic amines is 1. The number of halogens is 3. The predicted octanol–water partition coefficient (Wildman–Crippen LogP) is 2.82. The van der Waals surface area contributed by atoms with Crippen LogP contribution in [0.1, 0.15) is 47.3 Å². The minimum Gasteiger partial charge on any atom is -0.475 e. The zero-order valence-corrected chi connectivity index (χ0v) is 16.4. The predicted molar refractivity (Wildman–Crippen MR) is 98.5 cm³/mol. The molecule has 4 rings (SSSR count). The first-order valence-electron chi connectivity index (χ1n) is 9.58. The maximum Gasteiger partial charge on any atom is 0.490 e. The van der Waals surface area contributed by atoms with E-state index in [-0.39, 0.29) is 5.91 Å². The number of hydrogen-bond acceptors (Lipinski definition) is 5. The molecule has 1 unspecified atom stereocenters. The monoisotopic (exact) mass is 428 g/mol. The molecule has 2 N–H and O–H groups in total. The van der Waals surface area contributed by atoms with E-state index in [4.69, 9.17) is 14.3 Å². The van der Waals surface area contributed by atoms with E-state index in [0.29, 0.717) is 11.7 Å². The molecule has 30 heavy (non-hydrogen) atoms. The summed E-state index contributed by atoms with van der Waals surface area (Å²) < 4.78 is 37.2. The number of nitrogens with one attached hydrogen (secondary N) is 1. The van der Waals surface area contributed by atoms with Crippen molar-refractivity contribution >= 4 is 11.9 Å². The van der Waals surface area contributed by atoms with Crippen molar-refractivity contribution in [3.8, 4) is 0 Å². The largest absolute Gasteiger partial charge is 0.490 e. The van der Waals surface area contributed by atoms with Gasteiger partial charge in [-0.1, -0.05) is 0 Å². The number of furan rings is 1. The molecular weight excluding hydrogens is 405 g/mol. The van der Waals surface area contributed by atoms with Crippen LogP contribution in [-0.2, 0) is 24.3 Å². The Hall–Kier alpha value is -2.82. The van der Waals surface area contributed by atoms with E-state index in [1.54, 1.807) is 6.26 Å². The number of amides is 1. The molecule has 1 saturated heterocycles. The summed E-state index contributed by atoms with van der Waals surface area (Å²) >= 11 is 0. The summed E-state index contributed by atoms with van der Waals surface area (Å²) in [6.07, 6.45) is -0.314. The number of carboxylic acids is 1. The van der Waals surface area contributed by atoms with Crippen LogP contribution in [0.15, 0.2) is 22.8 Å². The second-order valence-electron chi connectivity index (χ2n) is 7.36. The number of hydrogen-bond donors (Lipinski definition) is 2. The van der Waals surface area contributed by atoms with Crippen molar-refractivity contribution in [2.75, 3.05) is 13.1 Å². The van der Waals surface area contributed by atoms with Crippen LogP contribution in [0.5, 0.6) is 0 Å². The summed E-state index contributed by atoms with van der Waals surface area (Å²) in [6.45, 7) is 5.43. The highest BCUT2D eigenvalue weighted by Crippen LogP contribution is 2.25. The smallest absolute Gasteiger partial charge is 0.475 e. The maximum atomic E-state index is 12.8. The zero-order valence-electron chi connectivity index (χ0n) is 16.4. The summed E-state index contributed by atoms with van der Waals surface area (Å²) in [5, 5.41) is 14.5. The third-order valence-corrected chi connectivity index (χ3v) is 5.23. The number of rotatable bonds is 3. The van der Waals surface area contributed by atoms with E-state index in [1.165, 1.54) is 0 Å². The molecule has 2 aliphatic rings. The lowest BCUT2D eigenvalue weighted by atomic mass is 10.0. The summed E-state index contributed by atoms with van der Waals surface area (Å²) in [5.41, 5.74) is 2.78. The molecule has 0 aromatic carbocycles. The molecular formula is C19H23F3N4O4. The fourth-order valence-electron chi connectivity index (χ4n) is 3.66. The van der Waals surface area contributed by atoms with Crippen LogP contribution in [0.3, 0.4) is 0 Å². The number of aromatic nitrogens is 2. The molecule has 2 aliphatic heterocycles. The van der Waals surface area contributed by atoms with Crippen molar-refractivity contribution in [1.82, 2.24) is 20.0 Å². The van der Waals surface area contributed by atoms with Gasteiger partial charge in [0.25, 0.3) is 5.91 Å². The average molecular weight is 428 g/mol. The quantitative estimate of drug-likeness (QED) is 0.780. The Morgan fingerprint density at radius 1 is 1.37 bits per heavy atom. The van der Waals surface area contributed by atoms with Gasteiger partial charge in [-0.25, -0.2) is 4.79 Å². The van der Waals surface area contributed by atoms with E-state index in [1.807, 2.05) is 17.0 Å². The summed E-state index contributed by atoms with van der Waals surface area (Å²) in [7, 11) is 0. The van der Waals surface area contributed by atoms with Gasteiger partial charge in [0.2, 0.25) is 0 Å².